The molecule has 2 fully saturated rings. The maximum absolute atomic E-state index is 13.1. The van der Waals surface area contributed by atoms with Crippen LogP contribution in [0.5, 0.6) is 0 Å². The Morgan fingerprint density at radius 2 is 1.68 bits per heavy atom. The number of hydrogen-bond acceptors (Lipinski definition) is 5. The maximum Gasteiger partial charge on any atom is 0.393 e. The fourth-order valence-electron chi connectivity index (χ4n) is 3.91. The van der Waals surface area contributed by atoms with Gasteiger partial charge in [-0.15, -0.1) is 0 Å². The fourth-order valence-corrected chi connectivity index (χ4v) is 5.94. The van der Waals surface area contributed by atoms with Crippen molar-refractivity contribution in [1.29, 1.82) is 0 Å². The van der Waals surface area contributed by atoms with Crippen LogP contribution in [-0.4, -0.2) is 39.0 Å². The van der Waals surface area contributed by atoms with Gasteiger partial charge in [-0.2, -0.15) is 25.6 Å². The highest BCUT2D eigenvalue weighted by atomic mass is 32.2. The molecule has 2 bridgehead atoms. The van der Waals surface area contributed by atoms with Gasteiger partial charge >= 0.3 is 15.4 Å². The number of rotatable bonds is 6. The first kappa shape index (κ1) is 18.0. The van der Waals surface area contributed by atoms with E-state index in [1.54, 1.807) is 0 Å². The number of hydrogen-bond donors (Lipinski definition) is 1. The zero-order valence-electron chi connectivity index (χ0n) is 12.4. The van der Waals surface area contributed by atoms with E-state index in [4.69, 9.17) is 4.55 Å². The summed E-state index contributed by atoms with van der Waals surface area (Å²) in [4.78, 5) is 0. The number of halogens is 2. The molecule has 130 valence electrons. The van der Waals surface area contributed by atoms with Gasteiger partial charge in [0, 0.05) is 0 Å². The third kappa shape index (κ3) is 2.90. The van der Waals surface area contributed by atoms with Gasteiger partial charge in [0.15, 0.2) is 0 Å². The second-order valence-electron chi connectivity index (χ2n) is 6.85. The van der Waals surface area contributed by atoms with Crippen molar-refractivity contribution in [3.63, 3.8) is 0 Å². The Hall–Kier alpha value is -0.320. The first-order chi connectivity index (χ1) is 9.73. The van der Waals surface area contributed by atoms with E-state index in [1.165, 1.54) is 0 Å². The number of alkyl halides is 2. The Labute approximate surface area is 129 Å². The van der Waals surface area contributed by atoms with Crippen LogP contribution in [0.1, 0.15) is 39.5 Å². The van der Waals surface area contributed by atoms with Crippen LogP contribution in [0.3, 0.4) is 0 Å². The lowest BCUT2D eigenvalue weighted by atomic mass is 9.71. The van der Waals surface area contributed by atoms with Crippen molar-refractivity contribution >= 4 is 20.2 Å². The van der Waals surface area contributed by atoms with Crippen LogP contribution >= 0.6 is 0 Å². The summed E-state index contributed by atoms with van der Waals surface area (Å²) >= 11 is 0. The molecule has 0 atom stereocenters. The summed E-state index contributed by atoms with van der Waals surface area (Å²) in [7, 11) is -10.0. The van der Waals surface area contributed by atoms with E-state index in [1.807, 2.05) is 13.8 Å². The third-order valence-electron chi connectivity index (χ3n) is 5.57. The monoisotopic (exact) mass is 362 g/mol. The van der Waals surface area contributed by atoms with Gasteiger partial charge in [-0.3, -0.25) is 8.74 Å². The molecule has 0 radical (unpaired) electrons. The SMILES string of the molecule is CC1(C)C2CCC1(CS(=O)(=O)OCC(F)(F)S(=O)(=O)O)CC2. The summed E-state index contributed by atoms with van der Waals surface area (Å²) in [5.41, 5.74) is -0.751. The van der Waals surface area contributed by atoms with Crippen molar-refractivity contribution in [2.75, 3.05) is 12.4 Å². The molecular weight excluding hydrogens is 342 g/mol. The summed E-state index contributed by atoms with van der Waals surface area (Å²) in [5, 5.41) is -4.65. The number of fused-ring (bicyclic) bond motifs is 2. The maximum atomic E-state index is 13.1. The molecular formula is C12H20F2O6S2. The standard InChI is InChI=1S/C12H20F2O6S2/c1-10(2)9-3-5-11(10,6-4-9)8-21(15,16)20-7-12(13,14)22(17,18)19/h9H,3-8H2,1-2H3,(H,17,18,19). The van der Waals surface area contributed by atoms with E-state index < -0.39 is 43.3 Å². The average Bonchev–Trinajstić information content (AvgIpc) is 2.70. The molecule has 22 heavy (non-hydrogen) atoms. The molecule has 10 heteroatoms. The molecule has 0 heterocycles. The van der Waals surface area contributed by atoms with E-state index in [9.17, 15) is 25.6 Å². The molecule has 2 aliphatic rings. The van der Waals surface area contributed by atoms with Crippen LogP contribution in [0.15, 0.2) is 0 Å². The molecule has 2 saturated carbocycles. The van der Waals surface area contributed by atoms with E-state index in [0.29, 0.717) is 18.8 Å². The van der Waals surface area contributed by atoms with Crippen LogP contribution < -0.4 is 0 Å². The highest BCUT2D eigenvalue weighted by molar-refractivity contribution is 7.87. The lowest BCUT2D eigenvalue weighted by molar-refractivity contribution is 0.0299. The first-order valence-electron chi connectivity index (χ1n) is 6.94. The Morgan fingerprint density at radius 1 is 1.18 bits per heavy atom. The molecule has 2 rings (SSSR count). The van der Waals surface area contributed by atoms with Gasteiger partial charge in [0.05, 0.1) is 5.75 Å². The molecule has 1 N–H and O–H groups in total. The summed E-state index contributed by atoms with van der Waals surface area (Å²) in [5.74, 6) is -0.00706. The van der Waals surface area contributed by atoms with Crippen LogP contribution in [0.25, 0.3) is 0 Å². The predicted molar refractivity (Wildman–Crippen MR) is 74.4 cm³/mol. The molecule has 0 aromatic rings. The molecule has 0 aliphatic heterocycles. The van der Waals surface area contributed by atoms with Gasteiger partial charge in [-0.05, 0) is 42.4 Å². The van der Waals surface area contributed by atoms with Gasteiger partial charge in [-0.1, -0.05) is 13.8 Å². The lowest BCUT2D eigenvalue weighted by Gasteiger charge is -2.37. The normalized spacial score (nSPS) is 31.6. The van der Waals surface area contributed by atoms with E-state index >= 15 is 0 Å². The van der Waals surface area contributed by atoms with E-state index in [2.05, 4.69) is 4.18 Å². The van der Waals surface area contributed by atoms with Crippen molar-refractivity contribution in [3.05, 3.63) is 0 Å². The van der Waals surface area contributed by atoms with Gasteiger partial charge in [0.1, 0.15) is 6.61 Å². The Kier molecular flexibility index (Phi) is 4.17. The molecule has 0 aromatic heterocycles. The van der Waals surface area contributed by atoms with Crippen LogP contribution in [0, 0.1) is 16.7 Å². The molecule has 0 unspecified atom stereocenters. The summed E-state index contributed by atoms with van der Waals surface area (Å²) in [6, 6.07) is 0. The highest BCUT2D eigenvalue weighted by Crippen LogP contribution is 2.66. The predicted octanol–water partition coefficient (Wildman–Crippen LogP) is 2.03. The largest absolute Gasteiger partial charge is 0.393 e. The molecule has 0 saturated heterocycles. The van der Waals surface area contributed by atoms with Crippen LogP contribution in [0.2, 0.25) is 0 Å². The Morgan fingerprint density at radius 3 is 2.05 bits per heavy atom. The van der Waals surface area contributed by atoms with Gasteiger partial charge in [0.25, 0.3) is 10.1 Å². The smallest absolute Gasteiger partial charge is 0.281 e. The molecule has 2 aliphatic carbocycles. The van der Waals surface area contributed by atoms with Gasteiger partial charge in [-0.25, -0.2) is 0 Å². The minimum atomic E-state index is -5.71. The third-order valence-corrected chi connectivity index (χ3v) is 7.82. The average molecular weight is 362 g/mol. The van der Waals surface area contributed by atoms with Crippen LogP contribution in [-0.2, 0) is 24.4 Å². The van der Waals surface area contributed by atoms with Crippen molar-refractivity contribution in [2.45, 2.75) is 44.8 Å². The highest BCUT2D eigenvalue weighted by Gasteiger charge is 2.60. The zero-order chi connectivity index (χ0) is 17.0. The minimum absolute atomic E-state index is 0.227. The van der Waals surface area contributed by atoms with E-state index in [0.717, 1.165) is 12.8 Å². The Bertz CT molecular complexity index is 645. The minimum Gasteiger partial charge on any atom is -0.281 e. The molecule has 6 nitrogen and oxygen atoms in total. The second-order valence-corrected chi connectivity index (χ2v) is 10.0. The summed E-state index contributed by atoms with van der Waals surface area (Å²) in [6.45, 7) is 2.04. The van der Waals surface area contributed by atoms with Gasteiger partial charge < -0.3 is 0 Å². The first-order valence-corrected chi connectivity index (χ1v) is 9.96. The molecule has 0 aromatic carbocycles. The quantitative estimate of drug-likeness (QED) is 0.573. The van der Waals surface area contributed by atoms with E-state index in [-0.39, 0.29) is 5.41 Å². The lowest BCUT2D eigenvalue weighted by Crippen LogP contribution is -2.40. The topological polar surface area (TPSA) is 97.7 Å². The molecule has 0 amide bonds. The van der Waals surface area contributed by atoms with Crippen molar-refractivity contribution < 1.29 is 34.4 Å². The fraction of sp³-hybridized carbons (Fsp3) is 1.00. The van der Waals surface area contributed by atoms with Crippen molar-refractivity contribution in [3.8, 4) is 0 Å². The van der Waals surface area contributed by atoms with Gasteiger partial charge in [0.2, 0.25) is 0 Å². The van der Waals surface area contributed by atoms with Crippen molar-refractivity contribution in [2.24, 2.45) is 16.7 Å². The molecule has 0 spiro atoms. The van der Waals surface area contributed by atoms with Crippen LogP contribution in [0.4, 0.5) is 8.78 Å². The zero-order valence-corrected chi connectivity index (χ0v) is 14.0. The van der Waals surface area contributed by atoms with Crippen molar-refractivity contribution in [1.82, 2.24) is 0 Å². The second kappa shape index (κ2) is 5.09. The summed E-state index contributed by atoms with van der Waals surface area (Å²) in [6.07, 6.45) is 3.15. The Balaban J connectivity index is 2.10. The summed E-state index contributed by atoms with van der Waals surface area (Å²) < 4.78 is 83.7.